The fourth-order valence-corrected chi connectivity index (χ4v) is 3.55. The van der Waals surface area contributed by atoms with Gasteiger partial charge in [-0.3, -0.25) is 4.90 Å². The first-order valence-electron chi connectivity index (χ1n) is 8.13. The van der Waals surface area contributed by atoms with Crippen LogP contribution in [0.2, 0.25) is 0 Å². The van der Waals surface area contributed by atoms with Gasteiger partial charge in [0.1, 0.15) is 0 Å². The molecule has 1 aliphatic carbocycles. The van der Waals surface area contributed by atoms with Crippen LogP contribution in [-0.4, -0.2) is 30.6 Å². The minimum atomic E-state index is 0.0943. The molecule has 1 aliphatic heterocycles. The largest absolute Gasteiger partial charge is 0.305 e. The Labute approximate surface area is 123 Å². The molecular weight excluding hydrogens is 244 g/mol. The summed E-state index contributed by atoms with van der Waals surface area (Å²) in [6, 6.07) is 11.6. The third-order valence-corrected chi connectivity index (χ3v) is 5.29. The van der Waals surface area contributed by atoms with Gasteiger partial charge >= 0.3 is 0 Å². The summed E-state index contributed by atoms with van der Waals surface area (Å²) < 4.78 is 0. The third kappa shape index (κ3) is 2.91. The van der Waals surface area contributed by atoms with Crippen LogP contribution < -0.4 is 5.32 Å². The molecule has 2 aliphatic rings. The van der Waals surface area contributed by atoms with Gasteiger partial charge in [0, 0.05) is 25.7 Å². The highest BCUT2D eigenvalue weighted by atomic mass is 15.2. The van der Waals surface area contributed by atoms with Crippen LogP contribution in [-0.2, 0) is 5.54 Å². The van der Waals surface area contributed by atoms with Gasteiger partial charge in [-0.2, -0.15) is 0 Å². The molecule has 1 heterocycles. The Morgan fingerprint density at radius 1 is 1.30 bits per heavy atom. The van der Waals surface area contributed by atoms with Crippen LogP contribution in [0.15, 0.2) is 30.3 Å². The molecule has 0 bridgehead atoms. The van der Waals surface area contributed by atoms with Gasteiger partial charge in [-0.1, -0.05) is 37.3 Å². The Balaban J connectivity index is 1.71. The van der Waals surface area contributed by atoms with Crippen LogP contribution in [0.4, 0.5) is 0 Å². The first kappa shape index (κ1) is 14.1. The Kier molecular flexibility index (Phi) is 3.87. The van der Waals surface area contributed by atoms with Crippen molar-refractivity contribution in [2.75, 3.05) is 19.6 Å². The van der Waals surface area contributed by atoms with Crippen molar-refractivity contribution in [1.82, 2.24) is 10.2 Å². The summed E-state index contributed by atoms with van der Waals surface area (Å²) in [5.41, 5.74) is 1.51. The van der Waals surface area contributed by atoms with Gasteiger partial charge < -0.3 is 5.32 Å². The van der Waals surface area contributed by atoms with Gasteiger partial charge in [0.25, 0.3) is 0 Å². The fourth-order valence-electron chi connectivity index (χ4n) is 3.55. The van der Waals surface area contributed by atoms with Gasteiger partial charge in [0.05, 0.1) is 5.54 Å². The molecule has 0 spiro atoms. The maximum Gasteiger partial charge on any atom is 0.0535 e. The van der Waals surface area contributed by atoms with E-state index in [1.165, 1.54) is 24.9 Å². The summed E-state index contributed by atoms with van der Waals surface area (Å²) in [4.78, 5) is 2.70. The van der Waals surface area contributed by atoms with E-state index < -0.39 is 0 Å². The maximum atomic E-state index is 3.77. The second-order valence-corrected chi connectivity index (χ2v) is 7.17. The lowest BCUT2D eigenvalue weighted by molar-refractivity contribution is 0.0779. The molecule has 2 nitrogen and oxygen atoms in total. The van der Waals surface area contributed by atoms with Gasteiger partial charge in [0.15, 0.2) is 0 Å². The molecule has 1 N–H and O–H groups in total. The Morgan fingerprint density at radius 3 is 2.65 bits per heavy atom. The molecule has 3 atom stereocenters. The second kappa shape index (κ2) is 5.50. The van der Waals surface area contributed by atoms with Crippen LogP contribution in [0.1, 0.15) is 39.2 Å². The molecule has 1 saturated carbocycles. The van der Waals surface area contributed by atoms with Crippen LogP contribution in [0.3, 0.4) is 0 Å². The lowest BCUT2D eigenvalue weighted by Crippen LogP contribution is -2.61. The quantitative estimate of drug-likeness (QED) is 0.905. The molecule has 110 valence electrons. The van der Waals surface area contributed by atoms with Crippen molar-refractivity contribution in [3.05, 3.63) is 35.9 Å². The highest BCUT2D eigenvalue weighted by molar-refractivity contribution is 5.25. The van der Waals surface area contributed by atoms with E-state index in [2.05, 4.69) is 61.3 Å². The zero-order chi connectivity index (χ0) is 14.2. The monoisotopic (exact) mass is 272 g/mol. The summed E-state index contributed by atoms with van der Waals surface area (Å²) in [7, 11) is 0. The lowest BCUT2D eigenvalue weighted by atomic mass is 9.87. The molecule has 0 aromatic heterocycles. The van der Waals surface area contributed by atoms with E-state index in [0.717, 1.165) is 24.9 Å². The van der Waals surface area contributed by atoms with Crippen molar-refractivity contribution >= 4 is 0 Å². The molecule has 0 amide bonds. The Morgan fingerprint density at radius 2 is 2.00 bits per heavy atom. The minimum absolute atomic E-state index is 0.0943. The number of hydrogen-bond acceptors (Lipinski definition) is 2. The Hall–Kier alpha value is -0.860. The number of piperazine rings is 1. The molecule has 2 fully saturated rings. The summed E-state index contributed by atoms with van der Waals surface area (Å²) in [6.07, 6.45) is 2.91. The first-order chi connectivity index (χ1) is 9.58. The van der Waals surface area contributed by atoms with Gasteiger partial charge in [-0.05, 0) is 44.1 Å². The number of nitrogens with one attached hydrogen (secondary N) is 1. The zero-order valence-corrected chi connectivity index (χ0v) is 13.1. The predicted molar refractivity (Wildman–Crippen MR) is 84.7 cm³/mol. The van der Waals surface area contributed by atoms with Crippen molar-refractivity contribution in [1.29, 1.82) is 0 Å². The standard InChI is InChI=1S/C18H28N2/c1-14(16-9-10-16)12-20-13-18(3,19-11-15(20)2)17-7-5-4-6-8-17/h4-8,14-16,19H,9-13H2,1-3H3. The lowest BCUT2D eigenvalue weighted by Gasteiger charge is -2.46. The third-order valence-electron chi connectivity index (χ3n) is 5.29. The normalized spacial score (nSPS) is 33.0. The van der Waals surface area contributed by atoms with Crippen LogP contribution in [0.25, 0.3) is 0 Å². The summed E-state index contributed by atoms with van der Waals surface area (Å²) in [6.45, 7) is 10.6. The number of hydrogen-bond donors (Lipinski definition) is 1. The number of nitrogens with zero attached hydrogens (tertiary/aromatic N) is 1. The van der Waals surface area contributed by atoms with Gasteiger partial charge in [-0.15, -0.1) is 0 Å². The molecule has 1 aromatic rings. The number of rotatable bonds is 4. The molecule has 3 unspecified atom stereocenters. The fraction of sp³-hybridized carbons (Fsp3) is 0.667. The topological polar surface area (TPSA) is 15.3 Å². The first-order valence-corrected chi connectivity index (χ1v) is 8.13. The maximum absolute atomic E-state index is 3.77. The Bertz CT molecular complexity index is 440. The van der Waals surface area contributed by atoms with E-state index in [9.17, 15) is 0 Å². The van der Waals surface area contributed by atoms with E-state index in [1.54, 1.807) is 0 Å². The highest BCUT2D eigenvalue weighted by Crippen LogP contribution is 2.38. The molecule has 1 aromatic carbocycles. The molecule has 3 rings (SSSR count). The van der Waals surface area contributed by atoms with E-state index >= 15 is 0 Å². The average Bonchev–Trinajstić information content (AvgIpc) is 3.29. The van der Waals surface area contributed by atoms with E-state index in [0.29, 0.717) is 6.04 Å². The van der Waals surface area contributed by atoms with E-state index in [1.807, 2.05) is 0 Å². The SMILES string of the molecule is CC(CN1CC(C)(c2ccccc2)NCC1C)C1CC1. The molecule has 20 heavy (non-hydrogen) atoms. The van der Waals surface area contributed by atoms with Crippen molar-refractivity contribution in [2.45, 2.75) is 45.2 Å². The van der Waals surface area contributed by atoms with Crippen molar-refractivity contribution in [2.24, 2.45) is 11.8 Å². The minimum Gasteiger partial charge on any atom is -0.305 e. The van der Waals surface area contributed by atoms with Crippen molar-refractivity contribution in [3.8, 4) is 0 Å². The van der Waals surface area contributed by atoms with Crippen LogP contribution in [0, 0.1) is 11.8 Å². The smallest absolute Gasteiger partial charge is 0.0535 e. The summed E-state index contributed by atoms with van der Waals surface area (Å²) in [5, 5.41) is 3.77. The average molecular weight is 272 g/mol. The van der Waals surface area contributed by atoms with Crippen LogP contribution in [0.5, 0.6) is 0 Å². The van der Waals surface area contributed by atoms with Gasteiger partial charge in [0.2, 0.25) is 0 Å². The predicted octanol–water partition coefficient (Wildman–Crippen LogP) is 3.24. The van der Waals surface area contributed by atoms with Crippen LogP contribution >= 0.6 is 0 Å². The van der Waals surface area contributed by atoms with Crippen molar-refractivity contribution in [3.63, 3.8) is 0 Å². The summed E-state index contributed by atoms with van der Waals surface area (Å²) >= 11 is 0. The molecule has 2 heteroatoms. The van der Waals surface area contributed by atoms with E-state index in [4.69, 9.17) is 0 Å². The molecule has 0 radical (unpaired) electrons. The highest BCUT2D eigenvalue weighted by Gasteiger charge is 2.37. The molecular formula is C18H28N2. The molecule has 1 saturated heterocycles. The van der Waals surface area contributed by atoms with Gasteiger partial charge in [-0.25, -0.2) is 0 Å². The summed E-state index contributed by atoms with van der Waals surface area (Å²) in [5.74, 6) is 1.86. The number of benzene rings is 1. The van der Waals surface area contributed by atoms with Crippen molar-refractivity contribution < 1.29 is 0 Å². The second-order valence-electron chi connectivity index (χ2n) is 7.17. The van der Waals surface area contributed by atoms with E-state index in [-0.39, 0.29) is 5.54 Å². The zero-order valence-electron chi connectivity index (χ0n) is 13.1.